The molecule has 3 aliphatic rings. The first-order valence-corrected chi connectivity index (χ1v) is 10.4. The van der Waals surface area contributed by atoms with Crippen molar-refractivity contribution < 1.29 is 24.4 Å². The summed E-state index contributed by atoms with van der Waals surface area (Å²) in [7, 11) is 0. The Labute approximate surface area is 152 Å². The van der Waals surface area contributed by atoms with Crippen LogP contribution in [0.1, 0.15) is 77.6 Å². The third kappa shape index (κ3) is 4.95. The highest BCUT2D eigenvalue weighted by Gasteiger charge is 2.49. The van der Waals surface area contributed by atoms with Crippen molar-refractivity contribution in [3.05, 3.63) is 0 Å². The summed E-state index contributed by atoms with van der Waals surface area (Å²) < 4.78 is 17.8. The van der Waals surface area contributed by atoms with Crippen LogP contribution in [0.25, 0.3) is 0 Å². The third-order valence-corrected chi connectivity index (χ3v) is 6.34. The molecular weight excluding hydrogens is 320 g/mol. The van der Waals surface area contributed by atoms with Gasteiger partial charge in [-0.1, -0.05) is 32.6 Å². The first-order valence-electron chi connectivity index (χ1n) is 10.4. The molecule has 0 bridgehead atoms. The molecule has 2 N–H and O–H groups in total. The molecule has 1 aliphatic carbocycles. The van der Waals surface area contributed by atoms with E-state index in [2.05, 4.69) is 6.92 Å². The monoisotopic (exact) mass is 356 g/mol. The maximum atomic E-state index is 10.4. The molecule has 3 rings (SSSR count). The van der Waals surface area contributed by atoms with Gasteiger partial charge in [0.05, 0.1) is 25.4 Å². The Kier molecular flexibility index (Phi) is 7.15. The SMILES string of the molecule is CCCCCCCC1(CC[C@H]2C(O)CC3OC(O)CC32)OCCCO1. The summed E-state index contributed by atoms with van der Waals surface area (Å²) in [5.41, 5.74) is 0. The van der Waals surface area contributed by atoms with E-state index >= 15 is 0 Å². The Morgan fingerprint density at radius 1 is 0.960 bits per heavy atom. The van der Waals surface area contributed by atoms with Crippen LogP contribution in [0.15, 0.2) is 0 Å². The lowest BCUT2D eigenvalue weighted by molar-refractivity contribution is -0.275. The summed E-state index contributed by atoms with van der Waals surface area (Å²) in [5.74, 6) is 0.00353. The van der Waals surface area contributed by atoms with Gasteiger partial charge in [-0.05, 0) is 31.1 Å². The average molecular weight is 357 g/mol. The van der Waals surface area contributed by atoms with E-state index in [-0.39, 0.29) is 24.0 Å². The summed E-state index contributed by atoms with van der Waals surface area (Å²) in [4.78, 5) is 0. The predicted molar refractivity (Wildman–Crippen MR) is 95.0 cm³/mol. The van der Waals surface area contributed by atoms with Crippen molar-refractivity contribution in [2.24, 2.45) is 11.8 Å². The molecule has 5 atom stereocenters. The van der Waals surface area contributed by atoms with Gasteiger partial charge in [-0.3, -0.25) is 0 Å². The van der Waals surface area contributed by atoms with Crippen LogP contribution in [0.5, 0.6) is 0 Å². The number of ether oxygens (including phenoxy) is 3. The minimum absolute atomic E-state index is 0.0215. The zero-order valence-electron chi connectivity index (χ0n) is 15.7. The smallest absolute Gasteiger partial charge is 0.168 e. The summed E-state index contributed by atoms with van der Waals surface area (Å²) in [6.45, 7) is 3.78. The Morgan fingerprint density at radius 3 is 2.48 bits per heavy atom. The van der Waals surface area contributed by atoms with Gasteiger partial charge in [-0.15, -0.1) is 0 Å². The zero-order valence-corrected chi connectivity index (χ0v) is 15.7. The Balaban J connectivity index is 1.51. The fourth-order valence-corrected chi connectivity index (χ4v) is 4.94. The van der Waals surface area contributed by atoms with Gasteiger partial charge in [0, 0.05) is 25.7 Å². The highest BCUT2D eigenvalue weighted by atomic mass is 16.7. The second-order valence-corrected chi connectivity index (χ2v) is 8.16. The van der Waals surface area contributed by atoms with Crippen LogP contribution in [-0.4, -0.2) is 47.7 Å². The van der Waals surface area contributed by atoms with Crippen molar-refractivity contribution in [2.75, 3.05) is 13.2 Å². The largest absolute Gasteiger partial charge is 0.393 e. The molecule has 4 unspecified atom stereocenters. The third-order valence-electron chi connectivity index (χ3n) is 6.34. The van der Waals surface area contributed by atoms with Gasteiger partial charge in [0.25, 0.3) is 0 Å². The molecule has 3 fully saturated rings. The van der Waals surface area contributed by atoms with Crippen LogP contribution < -0.4 is 0 Å². The van der Waals surface area contributed by atoms with Gasteiger partial charge in [-0.2, -0.15) is 0 Å². The number of rotatable bonds is 9. The number of aliphatic hydroxyl groups excluding tert-OH is 2. The average Bonchev–Trinajstić information content (AvgIpc) is 3.09. The van der Waals surface area contributed by atoms with Crippen LogP contribution in [0.2, 0.25) is 0 Å². The molecule has 5 nitrogen and oxygen atoms in total. The van der Waals surface area contributed by atoms with Crippen molar-refractivity contribution in [2.45, 2.75) is 102 Å². The molecule has 0 spiro atoms. The van der Waals surface area contributed by atoms with E-state index in [9.17, 15) is 10.2 Å². The van der Waals surface area contributed by atoms with Crippen LogP contribution in [0.3, 0.4) is 0 Å². The summed E-state index contributed by atoms with van der Waals surface area (Å²) in [6, 6.07) is 0. The van der Waals surface area contributed by atoms with Crippen molar-refractivity contribution >= 4 is 0 Å². The van der Waals surface area contributed by atoms with Crippen LogP contribution in [0, 0.1) is 11.8 Å². The van der Waals surface area contributed by atoms with Crippen molar-refractivity contribution in [3.63, 3.8) is 0 Å². The van der Waals surface area contributed by atoms with E-state index in [1.54, 1.807) is 0 Å². The van der Waals surface area contributed by atoms with Gasteiger partial charge < -0.3 is 24.4 Å². The molecule has 0 aromatic rings. The van der Waals surface area contributed by atoms with Gasteiger partial charge in [-0.25, -0.2) is 0 Å². The number of hydrogen-bond donors (Lipinski definition) is 2. The number of unbranched alkanes of at least 4 members (excludes halogenated alkanes) is 4. The molecule has 5 heteroatoms. The van der Waals surface area contributed by atoms with E-state index in [4.69, 9.17) is 14.2 Å². The molecular formula is C20H36O5. The van der Waals surface area contributed by atoms with Crippen LogP contribution in [0.4, 0.5) is 0 Å². The number of aliphatic hydroxyl groups is 2. The van der Waals surface area contributed by atoms with E-state index in [0.29, 0.717) is 12.8 Å². The van der Waals surface area contributed by atoms with E-state index in [1.807, 2.05) is 0 Å². The molecule has 25 heavy (non-hydrogen) atoms. The quantitative estimate of drug-likeness (QED) is 0.620. The topological polar surface area (TPSA) is 68.2 Å². The van der Waals surface area contributed by atoms with E-state index in [0.717, 1.165) is 45.3 Å². The predicted octanol–water partition coefficient (Wildman–Crippen LogP) is 3.36. The summed E-state index contributed by atoms with van der Waals surface area (Å²) >= 11 is 0. The standard InChI is InChI=1S/C20H36O5/c1-2-3-4-5-6-9-20(23-11-7-12-24-20)10-8-15-16-13-19(22)25-18(16)14-17(15)21/h15-19,21-22H,2-14H2,1H3/t15-,16?,17?,18?,19?/m1/s1. The fourth-order valence-electron chi connectivity index (χ4n) is 4.94. The summed E-state index contributed by atoms with van der Waals surface area (Å²) in [5, 5.41) is 20.2. The van der Waals surface area contributed by atoms with E-state index < -0.39 is 12.1 Å². The maximum absolute atomic E-state index is 10.4. The molecule has 2 aliphatic heterocycles. The normalized spacial score (nSPS) is 37.3. The highest BCUT2D eigenvalue weighted by Crippen LogP contribution is 2.46. The van der Waals surface area contributed by atoms with Crippen molar-refractivity contribution in [1.29, 1.82) is 0 Å². The second kappa shape index (κ2) is 9.14. The molecule has 0 radical (unpaired) electrons. The van der Waals surface area contributed by atoms with E-state index in [1.165, 1.54) is 25.7 Å². The highest BCUT2D eigenvalue weighted by molar-refractivity contribution is 4.96. The summed E-state index contributed by atoms with van der Waals surface area (Å²) in [6.07, 6.45) is 10.2. The first-order chi connectivity index (χ1) is 12.1. The van der Waals surface area contributed by atoms with Crippen LogP contribution >= 0.6 is 0 Å². The van der Waals surface area contributed by atoms with Crippen molar-refractivity contribution in [3.8, 4) is 0 Å². The molecule has 2 heterocycles. The Hall–Kier alpha value is -0.200. The zero-order chi connectivity index (χ0) is 17.7. The van der Waals surface area contributed by atoms with Gasteiger partial charge in [0.1, 0.15) is 0 Å². The van der Waals surface area contributed by atoms with Gasteiger partial charge in [0.15, 0.2) is 12.1 Å². The fraction of sp³-hybridized carbons (Fsp3) is 1.00. The minimum Gasteiger partial charge on any atom is -0.393 e. The van der Waals surface area contributed by atoms with Crippen molar-refractivity contribution in [1.82, 2.24) is 0 Å². The molecule has 1 saturated carbocycles. The van der Waals surface area contributed by atoms with Gasteiger partial charge >= 0.3 is 0 Å². The van der Waals surface area contributed by atoms with Gasteiger partial charge in [0.2, 0.25) is 0 Å². The lowest BCUT2D eigenvalue weighted by Crippen LogP contribution is -2.41. The molecule has 0 amide bonds. The number of fused-ring (bicyclic) bond motifs is 1. The maximum Gasteiger partial charge on any atom is 0.168 e. The molecule has 0 aromatic carbocycles. The Bertz CT molecular complexity index is 396. The first kappa shape index (κ1) is 19.6. The lowest BCUT2D eigenvalue weighted by Gasteiger charge is -2.38. The molecule has 0 aromatic heterocycles. The lowest BCUT2D eigenvalue weighted by atomic mass is 9.85. The number of hydrogen-bond acceptors (Lipinski definition) is 5. The molecule has 2 saturated heterocycles. The molecule has 146 valence electrons. The Morgan fingerprint density at radius 2 is 1.72 bits per heavy atom. The second-order valence-electron chi connectivity index (χ2n) is 8.16. The minimum atomic E-state index is -0.653. The van der Waals surface area contributed by atoms with Crippen LogP contribution in [-0.2, 0) is 14.2 Å².